The zero-order valence-corrected chi connectivity index (χ0v) is 25.7. The summed E-state index contributed by atoms with van der Waals surface area (Å²) >= 11 is 0. The first-order valence-corrected chi connectivity index (χ1v) is 16.0. The number of ether oxygens (including phenoxy) is 1. The van der Waals surface area contributed by atoms with Crippen LogP contribution >= 0.6 is 0 Å². The molecule has 10 nitrogen and oxygen atoms in total. The molecule has 0 bridgehead atoms. The minimum absolute atomic E-state index is 0.00232. The number of rotatable bonds is 8. The molecule has 2 aromatic rings. The quantitative estimate of drug-likeness (QED) is 0.399. The molecule has 0 aromatic heterocycles. The molecule has 2 heterocycles. The normalized spacial score (nSPS) is 22.7. The van der Waals surface area contributed by atoms with E-state index >= 15 is 0 Å². The summed E-state index contributed by atoms with van der Waals surface area (Å²) in [5.74, 6) is -0.873. The second-order valence-corrected chi connectivity index (χ2v) is 12.3. The van der Waals surface area contributed by atoms with E-state index in [0.29, 0.717) is 37.1 Å². The Morgan fingerprint density at radius 1 is 1.00 bits per heavy atom. The third kappa shape index (κ3) is 8.16. The zero-order valence-electron chi connectivity index (χ0n) is 25.7. The molecule has 2 aliphatic heterocycles. The number of unbranched alkanes of at least 4 members (excludes halogenated alkanes) is 1. The molecule has 44 heavy (non-hydrogen) atoms. The van der Waals surface area contributed by atoms with Gasteiger partial charge >= 0.3 is 0 Å². The van der Waals surface area contributed by atoms with Crippen molar-refractivity contribution in [3.05, 3.63) is 65.7 Å². The second kappa shape index (κ2) is 14.7. The molecule has 1 spiro atoms. The fraction of sp³-hybridized carbons (Fsp3) is 0.529. The van der Waals surface area contributed by atoms with Crippen molar-refractivity contribution >= 4 is 23.6 Å². The predicted octanol–water partition coefficient (Wildman–Crippen LogP) is 2.67. The van der Waals surface area contributed by atoms with Crippen molar-refractivity contribution in [2.75, 3.05) is 39.8 Å². The standard InChI is InChI=1S/C34H45N5O5/c1-38-26(23-25-11-3-2-4-12-25)24-44-29-14-6-5-13-27(29)31(41)36-28(15-16-30(40)37-34(17-18-34)33(38)43)32(42)35-19-7-8-20-39-21-9-10-22-39/h2-6,11-14,26,28H,7-10,15-24H2,1H3,(H,35,42)(H,36,41)(H,37,40)/t26-,28-/m0/s1. The zero-order chi connectivity index (χ0) is 30.9. The lowest BCUT2D eigenvalue weighted by molar-refractivity contribution is -0.139. The van der Waals surface area contributed by atoms with E-state index in [1.807, 2.05) is 30.3 Å². The van der Waals surface area contributed by atoms with Gasteiger partial charge in [-0.25, -0.2) is 0 Å². The van der Waals surface area contributed by atoms with Gasteiger partial charge in [0.15, 0.2) is 0 Å². The van der Waals surface area contributed by atoms with E-state index < -0.39 is 17.5 Å². The molecule has 10 heteroatoms. The Bertz CT molecular complexity index is 1310. The van der Waals surface area contributed by atoms with Crippen molar-refractivity contribution in [2.45, 2.75) is 75.4 Å². The summed E-state index contributed by atoms with van der Waals surface area (Å²) < 4.78 is 6.23. The second-order valence-electron chi connectivity index (χ2n) is 12.3. The van der Waals surface area contributed by atoms with Crippen LogP contribution in [-0.4, -0.2) is 90.9 Å². The molecule has 2 aromatic carbocycles. The molecule has 1 saturated carbocycles. The Labute approximate surface area is 259 Å². The van der Waals surface area contributed by atoms with Crippen LogP contribution in [0.5, 0.6) is 5.75 Å². The molecule has 3 aliphatic rings. The van der Waals surface area contributed by atoms with E-state index in [0.717, 1.165) is 38.0 Å². The van der Waals surface area contributed by atoms with E-state index in [1.165, 1.54) is 12.8 Å². The first-order chi connectivity index (χ1) is 21.3. The van der Waals surface area contributed by atoms with Crippen LogP contribution in [0.25, 0.3) is 0 Å². The van der Waals surface area contributed by atoms with Gasteiger partial charge in [0, 0.05) is 20.0 Å². The van der Waals surface area contributed by atoms with Crippen molar-refractivity contribution in [3.63, 3.8) is 0 Å². The van der Waals surface area contributed by atoms with Crippen molar-refractivity contribution in [2.24, 2.45) is 0 Å². The third-order valence-electron chi connectivity index (χ3n) is 8.96. The highest BCUT2D eigenvalue weighted by Crippen LogP contribution is 2.38. The van der Waals surface area contributed by atoms with Crippen LogP contribution in [0.4, 0.5) is 0 Å². The van der Waals surface area contributed by atoms with Crippen molar-refractivity contribution in [1.29, 1.82) is 0 Å². The van der Waals surface area contributed by atoms with E-state index in [1.54, 1.807) is 36.2 Å². The van der Waals surface area contributed by atoms with Gasteiger partial charge in [0.2, 0.25) is 17.7 Å². The highest BCUT2D eigenvalue weighted by Gasteiger charge is 2.53. The summed E-state index contributed by atoms with van der Waals surface area (Å²) in [5.41, 5.74) is 0.389. The van der Waals surface area contributed by atoms with Crippen molar-refractivity contribution < 1.29 is 23.9 Å². The fourth-order valence-electron chi connectivity index (χ4n) is 6.09. The van der Waals surface area contributed by atoms with Gasteiger partial charge in [0.1, 0.15) is 23.9 Å². The van der Waals surface area contributed by atoms with Gasteiger partial charge < -0.3 is 30.5 Å². The van der Waals surface area contributed by atoms with E-state index in [4.69, 9.17) is 4.74 Å². The Morgan fingerprint density at radius 2 is 1.73 bits per heavy atom. The molecule has 0 unspecified atom stereocenters. The van der Waals surface area contributed by atoms with Crippen LogP contribution in [0.2, 0.25) is 0 Å². The summed E-state index contributed by atoms with van der Waals surface area (Å²) in [6.45, 7) is 3.95. The number of nitrogens with zero attached hydrogens (tertiary/aromatic N) is 2. The fourth-order valence-corrected chi connectivity index (χ4v) is 6.09. The van der Waals surface area contributed by atoms with Gasteiger partial charge in [0.25, 0.3) is 5.91 Å². The molecule has 2 fully saturated rings. The number of hydrogen-bond acceptors (Lipinski definition) is 6. The Morgan fingerprint density at radius 3 is 2.48 bits per heavy atom. The smallest absolute Gasteiger partial charge is 0.255 e. The van der Waals surface area contributed by atoms with Crippen LogP contribution < -0.4 is 20.7 Å². The molecule has 2 atom stereocenters. The lowest BCUT2D eigenvalue weighted by atomic mass is 10.0. The van der Waals surface area contributed by atoms with E-state index in [2.05, 4.69) is 20.9 Å². The minimum atomic E-state index is -0.949. The molecule has 5 rings (SSSR count). The Kier molecular flexibility index (Phi) is 10.5. The summed E-state index contributed by atoms with van der Waals surface area (Å²) in [5, 5.41) is 8.77. The number of para-hydroxylation sites is 1. The van der Waals surface area contributed by atoms with Crippen LogP contribution in [0, 0.1) is 0 Å². The molecular weight excluding hydrogens is 558 g/mol. The number of benzene rings is 2. The number of likely N-dealkylation sites (N-methyl/N-ethyl adjacent to an activating group) is 1. The minimum Gasteiger partial charge on any atom is -0.491 e. The molecule has 4 amide bonds. The topological polar surface area (TPSA) is 120 Å². The molecule has 1 aliphatic carbocycles. The Hall–Kier alpha value is -3.92. The lowest BCUT2D eigenvalue weighted by Crippen LogP contribution is -2.54. The van der Waals surface area contributed by atoms with E-state index in [-0.39, 0.29) is 43.2 Å². The van der Waals surface area contributed by atoms with Gasteiger partial charge in [-0.15, -0.1) is 0 Å². The molecule has 236 valence electrons. The van der Waals surface area contributed by atoms with Crippen molar-refractivity contribution in [3.8, 4) is 5.75 Å². The van der Waals surface area contributed by atoms with Crippen molar-refractivity contribution in [1.82, 2.24) is 25.8 Å². The van der Waals surface area contributed by atoms with Crippen LogP contribution in [0.15, 0.2) is 54.6 Å². The average molecular weight is 604 g/mol. The number of carbonyl (C=O) groups is 4. The maximum atomic E-state index is 13.8. The van der Waals surface area contributed by atoms with Crippen LogP contribution in [-0.2, 0) is 20.8 Å². The number of amides is 4. The van der Waals surface area contributed by atoms with Crippen LogP contribution in [0.3, 0.4) is 0 Å². The summed E-state index contributed by atoms with van der Waals surface area (Å²) in [7, 11) is 1.74. The highest BCUT2D eigenvalue weighted by molar-refractivity contribution is 6.00. The average Bonchev–Trinajstić information content (AvgIpc) is 3.62. The number of nitrogens with one attached hydrogen (secondary N) is 3. The number of fused-ring (bicyclic) bond motifs is 1. The maximum absolute atomic E-state index is 13.8. The maximum Gasteiger partial charge on any atom is 0.255 e. The molecule has 3 N–H and O–H groups in total. The largest absolute Gasteiger partial charge is 0.491 e. The van der Waals surface area contributed by atoms with Gasteiger partial charge in [-0.2, -0.15) is 0 Å². The third-order valence-corrected chi connectivity index (χ3v) is 8.96. The molecular formula is C34H45N5O5. The van der Waals surface area contributed by atoms with Gasteiger partial charge in [-0.05, 0) is 88.7 Å². The lowest BCUT2D eigenvalue weighted by Gasteiger charge is -2.32. The van der Waals surface area contributed by atoms with E-state index in [9.17, 15) is 19.2 Å². The number of hydrogen-bond donors (Lipinski definition) is 3. The molecule has 1 saturated heterocycles. The first kappa shape index (κ1) is 31.5. The number of carbonyl (C=O) groups excluding carboxylic acids is 4. The molecule has 0 radical (unpaired) electrons. The Balaban J connectivity index is 1.31. The van der Waals surface area contributed by atoms with Gasteiger partial charge in [0.05, 0.1) is 11.6 Å². The first-order valence-electron chi connectivity index (χ1n) is 16.0. The van der Waals surface area contributed by atoms with Crippen LogP contribution in [0.1, 0.15) is 67.3 Å². The van der Waals surface area contributed by atoms with Gasteiger partial charge in [-0.1, -0.05) is 42.5 Å². The predicted molar refractivity (Wildman–Crippen MR) is 167 cm³/mol. The van der Waals surface area contributed by atoms with Gasteiger partial charge in [-0.3, -0.25) is 19.2 Å². The summed E-state index contributed by atoms with van der Waals surface area (Å²) in [6, 6.07) is 15.5. The summed E-state index contributed by atoms with van der Waals surface area (Å²) in [4.78, 5) is 57.8. The highest BCUT2D eigenvalue weighted by atomic mass is 16.5. The number of likely N-dealkylation sites (tertiary alicyclic amines) is 1. The SMILES string of the molecule is CN1C(=O)C2(CC2)NC(=O)CC[C@@H](C(=O)NCCCCN2CCCC2)NC(=O)c2ccccc2OC[C@@H]1Cc1ccccc1. The summed E-state index contributed by atoms with van der Waals surface area (Å²) in [6.07, 6.45) is 6.09. The monoisotopic (exact) mass is 603 g/mol.